The smallest absolute Gasteiger partial charge is 0.212 e. The Kier molecular flexibility index (Phi) is 3.64. The van der Waals surface area contributed by atoms with E-state index >= 15 is 0 Å². The van der Waals surface area contributed by atoms with Gasteiger partial charge in [0.25, 0.3) is 0 Å². The van der Waals surface area contributed by atoms with Crippen LogP contribution in [0.1, 0.15) is 18.0 Å². The highest BCUT2D eigenvalue weighted by molar-refractivity contribution is 5.20. The number of hydrogen-bond acceptors (Lipinski definition) is 3. The second-order valence-electron chi connectivity index (χ2n) is 2.72. The lowest BCUT2D eigenvalue weighted by atomic mass is 10.1. The minimum absolute atomic E-state index is 0.275. The molecule has 0 spiro atoms. The van der Waals surface area contributed by atoms with Crippen molar-refractivity contribution in [2.24, 2.45) is 5.73 Å². The topological polar surface area (TPSA) is 48.1 Å². The summed E-state index contributed by atoms with van der Waals surface area (Å²) in [7, 11) is 1.55. The van der Waals surface area contributed by atoms with Crippen LogP contribution >= 0.6 is 0 Å². The van der Waals surface area contributed by atoms with Crippen molar-refractivity contribution in [2.75, 3.05) is 13.8 Å². The van der Waals surface area contributed by atoms with Gasteiger partial charge in [-0.2, -0.15) is 0 Å². The van der Waals surface area contributed by atoms with Gasteiger partial charge in [-0.1, -0.05) is 6.07 Å². The molecule has 0 bridgehead atoms. The Morgan fingerprint density at radius 3 is 2.85 bits per heavy atom. The molecule has 4 heteroatoms. The van der Waals surface area contributed by atoms with Crippen LogP contribution in [-0.4, -0.2) is 18.8 Å². The zero-order chi connectivity index (χ0) is 9.68. The predicted octanol–water partition coefficient (Wildman–Crippen LogP) is 1.45. The van der Waals surface area contributed by atoms with Gasteiger partial charge in [-0.3, -0.25) is 4.39 Å². The van der Waals surface area contributed by atoms with Crippen LogP contribution in [-0.2, 0) is 0 Å². The van der Waals surface area contributed by atoms with Gasteiger partial charge in [0.05, 0.1) is 13.8 Å². The molecule has 0 fully saturated rings. The summed E-state index contributed by atoms with van der Waals surface area (Å²) in [6.07, 6.45) is 1.94. The Morgan fingerprint density at radius 1 is 1.62 bits per heavy atom. The molecule has 1 atom stereocenters. The van der Waals surface area contributed by atoms with Crippen LogP contribution in [0.2, 0.25) is 0 Å². The van der Waals surface area contributed by atoms with Gasteiger partial charge in [-0.05, 0) is 12.0 Å². The summed E-state index contributed by atoms with van der Waals surface area (Å²) < 4.78 is 16.8. The molecule has 0 aliphatic carbocycles. The van der Waals surface area contributed by atoms with E-state index in [0.717, 1.165) is 5.56 Å². The van der Waals surface area contributed by atoms with Crippen LogP contribution in [0.3, 0.4) is 0 Å². The van der Waals surface area contributed by atoms with E-state index in [-0.39, 0.29) is 6.04 Å². The lowest BCUT2D eigenvalue weighted by Gasteiger charge is -2.09. The highest BCUT2D eigenvalue weighted by atomic mass is 19.1. The first-order chi connectivity index (χ1) is 6.27. The number of hydrogen-bond donors (Lipinski definition) is 1. The Hall–Kier alpha value is -1.16. The summed E-state index contributed by atoms with van der Waals surface area (Å²) in [5.41, 5.74) is 6.51. The van der Waals surface area contributed by atoms with Crippen molar-refractivity contribution in [3.05, 3.63) is 23.9 Å². The molecule has 0 saturated heterocycles. The SMILES string of the molecule is COc1ccc([C@H](N)CCF)cn1. The van der Waals surface area contributed by atoms with E-state index in [4.69, 9.17) is 10.5 Å². The largest absolute Gasteiger partial charge is 0.481 e. The van der Waals surface area contributed by atoms with Crippen LogP contribution in [0.4, 0.5) is 4.39 Å². The standard InChI is InChI=1S/C9H13FN2O/c1-13-9-3-2-7(6-12-9)8(11)4-5-10/h2-3,6,8H,4-5,11H2,1H3/t8-/m1/s1. The quantitative estimate of drug-likeness (QED) is 0.770. The van der Waals surface area contributed by atoms with E-state index in [1.165, 1.54) is 0 Å². The van der Waals surface area contributed by atoms with Gasteiger partial charge in [0.15, 0.2) is 0 Å². The highest BCUT2D eigenvalue weighted by Gasteiger charge is 2.05. The number of pyridine rings is 1. The van der Waals surface area contributed by atoms with Crippen molar-refractivity contribution in [3.63, 3.8) is 0 Å². The summed E-state index contributed by atoms with van der Waals surface area (Å²) in [6.45, 7) is -0.410. The highest BCUT2D eigenvalue weighted by Crippen LogP contribution is 2.15. The minimum Gasteiger partial charge on any atom is -0.481 e. The van der Waals surface area contributed by atoms with Crippen molar-refractivity contribution < 1.29 is 9.13 Å². The van der Waals surface area contributed by atoms with E-state index in [2.05, 4.69) is 4.98 Å². The maximum absolute atomic E-state index is 11.9. The number of alkyl halides is 1. The van der Waals surface area contributed by atoms with Gasteiger partial charge in [0.2, 0.25) is 5.88 Å². The molecule has 0 amide bonds. The van der Waals surface area contributed by atoms with Crippen molar-refractivity contribution in [1.29, 1.82) is 0 Å². The average molecular weight is 184 g/mol. The normalized spacial score (nSPS) is 12.5. The third-order valence-electron chi connectivity index (χ3n) is 1.82. The van der Waals surface area contributed by atoms with Gasteiger partial charge in [-0.25, -0.2) is 4.98 Å². The third-order valence-corrected chi connectivity index (χ3v) is 1.82. The van der Waals surface area contributed by atoms with Gasteiger partial charge < -0.3 is 10.5 Å². The molecule has 0 aliphatic rings. The molecule has 2 N–H and O–H groups in total. The summed E-state index contributed by atoms with van der Waals surface area (Å²) in [5, 5.41) is 0. The van der Waals surface area contributed by atoms with Crippen LogP contribution < -0.4 is 10.5 Å². The molecule has 13 heavy (non-hydrogen) atoms. The number of ether oxygens (including phenoxy) is 1. The van der Waals surface area contributed by atoms with Crippen LogP contribution in [0.5, 0.6) is 5.88 Å². The van der Waals surface area contributed by atoms with E-state index in [0.29, 0.717) is 12.3 Å². The fraction of sp³-hybridized carbons (Fsp3) is 0.444. The lowest BCUT2D eigenvalue weighted by molar-refractivity contribution is 0.396. The number of methoxy groups -OCH3 is 1. The molecule has 0 aliphatic heterocycles. The first-order valence-corrected chi connectivity index (χ1v) is 4.09. The average Bonchev–Trinajstić information content (AvgIpc) is 2.18. The summed E-state index contributed by atoms with van der Waals surface area (Å²) in [6, 6.07) is 3.24. The molecule has 1 rings (SSSR count). The maximum Gasteiger partial charge on any atom is 0.212 e. The number of nitrogens with zero attached hydrogens (tertiary/aromatic N) is 1. The predicted molar refractivity (Wildman–Crippen MR) is 48.3 cm³/mol. The Bertz CT molecular complexity index is 250. The van der Waals surface area contributed by atoms with E-state index < -0.39 is 6.67 Å². The number of nitrogens with two attached hydrogens (primary N) is 1. The number of halogens is 1. The number of rotatable bonds is 4. The third kappa shape index (κ3) is 2.66. The Balaban J connectivity index is 2.67. The van der Waals surface area contributed by atoms with Crippen molar-refractivity contribution in [2.45, 2.75) is 12.5 Å². The van der Waals surface area contributed by atoms with Gasteiger partial charge >= 0.3 is 0 Å². The summed E-state index contributed by atoms with van der Waals surface area (Å²) in [5.74, 6) is 0.538. The van der Waals surface area contributed by atoms with E-state index in [1.54, 1.807) is 25.4 Å². The van der Waals surface area contributed by atoms with Gasteiger partial charge in [-0.15, -0.1) is 0 Å². The lowest BCUT2D eigenvalue weighted by Crippen LogP contribution is -2.11. The second kappa shape index (κ2) is 4.77. The molecule has 1 aromatic heterocycles. The van der Waals surface area contributed by atoms with E-state index in [9.17, 15) is 4.39 Å². The molecule has 0 radical (unpaired) electrons. The second-order valence-corrected chi connectivity index (χ2v) is 2.72. The fourth-order valence-electron chi connectivity index (χ4n) is 1.02. The Labute approximate surface area is 76.7 Å². The van der Waals surface area contributed by atoms with E-state index in [1.807, 2.05) is 0 Å². The van der Waals surface area contributed by atoms with Gasteiger partial charge in [0.1, 0.15) is 0 Å². The molecule has 0 saturated carbocycles. The first kappa shape index (κ1) is 9.92. The molecule has 1 aromatic rings. The zero-order valence-electron chi connectivity index (χ0n) is 7.53. The molecular formula is C9H13FN2O. The minimum atomic E-state index is -0.410. The van der Waals surface area contributed by atoms with Gasteiger partial charge in [0, 0.05) is 18.3 Å². The molecule has 1 heterocycles. The molecule has 0 unspecified atom stereocenters. The van der Waals surface area contributed by atoms with Crippen LogP contribution in [0.25, 0.3) is 0 Å². The monoisotopic (exact) mass is 184 g/mol. The fourth-order valence-corrected chi connectivity index (χ4v) is 1.02. The molecule has 3 nitrogen and oxygen atoms in total. The first-order valence-electron chi connectivity index (χ1n) is 4.09. The van der Waals surface area contributed by atoms with Crippen LogP contribution in [0, 0.1) is 0 Å². The van der Waals surface area contributed by atoms with Crippen molar-refractivity contribution >= 4 is 0 Å². The maximum atomic E-state index is 11.9. The molecule has 0 aromatic carbocycles. The van der Waals surface area contributed by atoms with Crippen LogP contribution in [0.15, 0.2) is 18.3 Å². The molecule has 72 valence electrons. The molecular weight excluding hydrogens is 171 g/mol. The zero-order valence-corrected chi connectivity index (χ0v) is 7.53. The van der Waals surface area contributed by atoms with Crippen molar-refractivity contribution in [3.8, 4) is 5.88 Å². The summed E-state index contributed by atoms with van der Waals surface area (Å²) in [4.78, 5) is 3.98. The van der Waals surface area contributed by atoms with Crippen molar-refractivity contribution in [1.82, 2.24) is 4.98 Å². The number of aromatic nitrogens is 1. The summed E-state index contributed by atoms with van der Waals surface area (Å²) >= 11 is 0. The Morgan fingerprint density at radius 2 is 2.38 bits per heavy atom.